The van der Waals surface area contributed by atoms with Crippen LogP contribution < -0.4 is 4.90 Å². The molecule has 3 aromatic carbocycles. The number of carbonyl (C=O) groups is 1. The van der Waals surface area contributed by atoms with E-state index in [1.54, 1.807) is 0 Å². The summed E-state index contributed by atoms with van der Waals surface area (Å²) in [5.74, 6) is 1.55. The Hall–Kier alpha value is -3.97. The predicted molar refractivity (Wildman–Crippen MR) is 143 cm³/mol. The standard InChI is InChI=1S/C28H25ClN6O/c1-18-7-3-4-8-22(18)27(36)34-16-15-33(17-19(34)2)28-30-24-10-6-5-9-23(24)26-32-31-25(35(26)28)20-11-13-21(29)14-12-20/h3-14,19H,15-17H2,1-2H3. The molecular formula is C28H25ClN6O. The van der Waals surface area contributed by atoms with Crippen molar-refractivity contribution in [2.75, 3.05) is 24.5 Å². The van der Waals surface area contributed by atoms with E-state index in [0.29, 0.717) is 30.5 Å². The Morgan fingerprint density at radius 3 is 2.47 bits per heavy atom. The maximum absolute atomic E-state index is 13.3. The lowest BCUT2D eigenvalue weighted by molar-refractivity contribution is 0.0672. The molecule has 5 aromatic rings. The highest BCUT2D eigenvalue weighted by atomic mass is 35.5. The maximum Gasteiger partial charge on any atom is 0.254 e. The molecule has 2 aromatic heterocycles. The smallest absolute Gasteiger partial charge is 0.254 e. The number of hydrogen-bond donors (Lipinski definition) is 0. The number of amides is 1. The van der Waals surface area contributed by atoms with Gasteiger partial charge in [-0.1, -0.05) is 41.9 Å². The topological polar surface area (TPSA) is 66.6 Å². The molecule has 0 N–H and O–H groups in total. The molecule has 36 heavy (non-hydrogen) atoms. The van der Waals surface area contributed by atoms with Gasteiger partial charge in [0.1, 0.15) is 0 Å². The van der Waals surface area contributed by atoms with Gasteiger partial charge in [-0.2, -0.15) is 0 Å². The van der Waals surface area contributed by atoms with Gasteiger partial charge < -0.3 is 9.80 Å². The summed E-state index contributed by atoms with van der Waals surface area (Å²) in [6.45, 7) is 5.97. The number of para-hydroxylation sites is 1. The molecule has 8 heteroatoms. The van der Waals surface area contributed by atoms with Crippen molar-refractivity contribution in [3.63, 3.8) is 0 Å². The summed E-state index contributed by atoms with van der Waals surface area (Å²) in [6.07, 6.45) is 0. The van der Waals surface area contributed by atoms with Crippen molar-refractivity contribution in [2.45, 2.75) is 19.9 Å². The lowest BCUT2D eigenvalue weighted by Gasteiger charge is -2.40. The zero-order valence-corrected chi connectivity index (χ0v) is 20.9. The Labute approximate surface area is 214 Å². The summed E-state index contributed by atoms with van der Waals surface area (Å²) in [4.78, 5) is 22.6. The number of hydrogen-bond acceptors (Lipinski definition) is 5. The zero-order chi connectivity index (χ0) is 24.8. The van der Waals surface area contributed by atoms with Gasteiger partial charge >= 0.3 is 0 Å². The van der Waals surface area contributed by atoms with Crippen LogP contribution in [0.4, 0.5) is 5.95 Å². The average molecular weight is 497 g/mol. The fourth-order valence-electron chi connectivity index (χ4n) is 4.97. The first-order valence-electron chi connectivity index (χ1n) is 12.0. The first-order valence-corrected chi connectivity index (χ1v) is 12.4. The number of aryl methyl sites for hydroxylation is 1. The summed E-state index contributed by atoms with van der Waals surface area (Å²) in [6, 6.07) is 23.3. The molecule has 1 fully saturated rings. The molecule has 0 radical (unpaired) electrons. The predicted octanol–water partition coefficient (Wildman–Crippen LogP) is 5.26. The van der Waals surface area contributed by atoms with E-state index in [1.165, 1.54) is 0 Å². The number of rotatable bonds is 3. The number of piperazine rings is 1. The second-order valence-corrected chi connectivity index (χ2v) is 9.66. The third-order valence-electron chi connectivity index (χ3n) is 6.88. The van der Waals surface area contributed by atoms with Crippen molar-refractivity contribution in [1.82, 2.24) is 24.5 Å². The monoisotopic (exact) mass is 496 g/mol. The third kappa shape index (κ3) is 3.76. The molecule has 3 heterocycles. The van der Waals surface area contributed by atoms with Crippen LogP contribution in [0.5, 0.6) is 0 Å². The number of benzene rings is 3. The van der Waals surface area contributed by atoms with E-state index in [-0.39, 0.29) is 11.9 Å². The average Bonchev–Trinajstić information content (AvgIpc) is 3.34. The Balaban J connectivity index is 1.41. The van der Waals surface area contributed by atoms with Gasteiger partial charge in [-0.25, -0.2) is 9.38 Å². The van der Waals surface area contributed by atoms with Crippen LogP contribution in [-0.2, 0) is 0 Å². The van der Waals surface area contributed by atoms with E-state index in [2.05, 4.69) is 22.0 Å². The van der Waals surface area contributed by atoms with Crippen molar-refractivity contribution in [1.29, 1.82) is 0 Å². The van der Waals surface area contributed by atoms with Gasteiger partial charge in [-0.15, -0.1) is 10.2 Å². The van der Waals surface area contributed by atoms with Crippen molar-refractivity contribution < 1.29 is 4.79 Å². The van der Waals surface area contributed by atoms with Gasteiger partial charge in [0.2, 0.25) is 5.95 Å². The van der Waals surface area contributed by atoms with Crippen LogP contribution >= 0.6 is 11.6 Å². The van der Waals surface area contributed by atoms with Gasteiger partial charge in [0, 0.05) is 47.2 Å². The quantitative estimate of drug-likeness (QED) is 0.341. The highest BCUT2D eigenvalue weighted by Crippen LogP contribution is 2.30. The first kappa shape index (κ1) is 22.5. The number of halogens is 1. The molecule has 180 valence electrons. The van der Waals surface area contributed by atoms with E-state index in [9.17, 15) is 4.79 Å². The second kappa shape index (κ2) is 8.91. The molecule has 1 atom stereocenters. The van der Waals surface area contributed by atoms with Crippen LogP contribution in [0.3, 0.4) is 0 Å². The molecule has 0 saturated carbocycles. The number of aromatic nitrogens is 4. The minimum atomic E-state index is 0.00430. The molecule has 7 nitrogen and oxygen atoms in total. The number of fused-ring (bicyclic) bond motifs is 3. The lowest BCUT2D eigenvalue weighted by Crippen LogP contribution is -2.54. The highest BCUT2D eigenvalue weighted by molar-refractivity contribution is 6.30. The third-order valence-corrected chi connectivity index (χ3v) is 7.13. The first-order chi connectivity index (χ1) is 17.5. The normalized spacial score (nSPS) is 16.1. The minimum absolute atomic E-state index is 0.00430. The van der Waals surface area contributed by atoms with E-state index in [0.717, 1.165) is 39.2 Å². The molecule has 1 amide bonds. The highest BCUT2D eigenvalue weighted by Gasteiger charge is 2.31. The van der Waals surface area contributed by atoms with E-state index in [4.69, 9.17) is 16.6 Å². The Bertz CT molecular complexity index is 1600. The zero-order valence-electron chi connectivity index (χ0n) is 20.1. The van der Waals surface area contributed by atoms with Crippen LogP contribution in [0.25, 0.3) is 27.9 Å². The SMILES string of the molecule is Cc1ccccc1C(=O)N1CCN(c2nc3ccccc3c3nnc(-c4ccc(Cl)cc4)n23)CC1C. The van der Waals surface area contributed by atoms with Gasteiger partial charge in [0.05, 0.1) is 5.52 Å². The van der Waals surface area contributed by atoms with E-state index in [1.807, 2.05) is 89.0 Å². The minimum Gasteiger partial charge on any atom is -0.338 e. The number of anilines is 1. The summed E-state index contributed by atoms with van der Waals surface area (Å²) >= 11 is 6.14. The fourth-order valence-corrected chi connectivity index (χ4v) is 5.10. The molecule has 1 aliphatic rings. The van der Waals surface area contributed by atoms with E-state index < -0.39 is 0 Å². The fraction of sp³-hybridized carbons (Fsp3) is 0.214. The van der Waals surface area contributed by atoms with Crippen molar-refractivity contribution in [3.05, 3.63) is 88.9 Å². The number of carbonyl (C=O) groups excluding carboxylic acids is 1. The lowest BCUT2D eigenvalue weighted by atomic mass is 10.1. The van der Waals surface area contributed by atoms with Gasteiger partial charge in [-0.3, -0.25) is 4.79 Å². The Morgan fingerprint density at radius 1 is 0.944 bits per heavy atom. The Kier molecular flexibility index (Phi) is 5.57. The molecule has 1 saturated heterocycles. The summed E-state index contributed by atoms with van der Waals surface area (Å²) < 4.78 is 2.02. The van der Waals surface area contributed by atoms with Crippen LogP contribution in [0.2, 0.25) is 5.02 Å². The molecular weight excluding hydrogens is 472 g/mol. The second-order valence-electron chi connectivity index (χ2n) is 9.23. The van der Waals surface area contributed by atoms with Crippen molar-refractivity contribution in [2.24, 2.45) is 0 Å². The van der Waals surface area contributed by atoms with Gasteiger partial charge in [0.25, 0.3) is 5.91 Å². The van der Waals surface area contributed by atoms with Crippen molar-refractivity contribution in [3.8, 4) is 11.4 Å². The summed E-state index contributed by atoms with van der Waals surface area (Å²) in [5.41, 5.74) is 4.28. The molecule has 6 rings (SSSR count). The Morgan fingerprint density at radius 2 is 1.69 bits per heavy atom. The molecule has 1 unspecified atom stereocenters. The van der Waals surface area contributed by atoms with Crippen LogP contribution in [-0.4, -0.2) is 56.1 Å². The van der Waals surface area contributed by atoms with Crippen LogP contribution in [0, 0.1) is 6.92 Å². The maximum atomic E-state index is 13.3. The summed E-state index contributed by atoms with van der Waals surface area (Å²) in [7, 11) is 0. The number of nitrogens with zero attached hydrogens (tertiary/aromatic N) is 6. The molecule has 0 spiro atoms. The van der Waals surface area contributed by atoms with E-state index >= 15 is 0 Å². The summed E-state index contributed by atoms with van der Waals surface area (Å²) in [5, 5.41) is 10.7. The molecule has 0 bridgehead atoms. The molecule has 0 aliphatic carbocycles. The molecule has 1 aliphatic heterocycles. The van der Waals surface area contributed by atoms with Crippen molar-refractivity contribution >= 4 is 40.0 Å². The van der Waals surface area contributed by atoms with Crippen LogP contribution in [0.1, 0.15) is 22.8 Å². The van der Waals surface area contributed by atoms with Crippen LogP contribution in [0.15, 0.2) is 72.8 Å². The largest absolute Gasteiger partial charge is 0.338 e. The van der Waals surface area contributed by atoms with Gasteiger partial charge in [0.15, 0.2) is 11.5 Å². The van der Waals surface area contributed by atoms with Gasteiger partial charge in [-0.05, 0) is 61.9 Å².